The molecule has 134 valence electrons. The minimum Gasteiger partial charge on any atom is -0.372 e. The van der Waals surface area contributed by atoms with Crippen molar-refractivity contribution in [2.24, 2.45) is 16.6 Å². The second-order valence-electron chi connectivity index (χ2n) is 6.32. The number of rotatable bonds is 5. The molecule has 0 fully saturated rings. The molecule has 1 atom stereocenters. The van der Waals surface area contributed by atoms with Crippen molar-refractivity contribution in [3.8, 4) is 0 Å². The monoisotopic (exact) mass is 349 g/mol. The molecule has 0 unspecified atom stereocenters. The number of nitrogens with two attached hydrogens (primary N) is 1. The fourth-order valence-corrected chi connectivity index (χ4v) is 3.35. The van der Waals surface area contributed by atoms with Crippen LogP contribution in [-0.4, -0.2) is 30.5 Å². The highest BCUT2D eigenvalue weighted by molar-refractivity contribution is 6.22. The normalized spacial score (nSPS) is 17.8. The van der Waals surface area contributed by atoms with Crippen molar-refractivity contribution in [3.63, 3.8) is 0 Å². The van der Waals surface area contributed by atoms with Gasteiger partial charge in [0.05, 0.1) is 11.4 Å². The number of hydrogen-bond donors (Lipinski definition) is 1. The third-order valence-corrected chi connectivity index (χ3v) is 4.80. The summed E-state index contributed by atoms with van der Waals surface area (Å²) >= 11 is 0. The summed E-state index contributed by atoms with van der Waals surface area (Å²) in [4.78, 5) is 31.2. The van der Waals surface area contributed by atoms with Crippen molar-refractivity contribution >= 4 is 28.8 Å². The zero-order valence-electron chi connectivity index (χ0n) is 15.1. The Labute approximate surface area is 153 Å². The van der Waals surface area contributed by atoms with Crippen LogP contribution < -0.4 is 10.6 Å². The number of ketones is 1. The molecule has 2 aromatic carbocycles. The van der Waals surface area contributed by atoms with E-state index in [4.69, 9.17) is 10.7 Å². The average Bonchev–Trinajstić information content (AvgIpc) is 2.66. The van der Waals surface area contributed by atoms with Crippen molar-refractivity contribution in [1.82, 2.24) is 0 Å². The Morgan fingerprint density at radius 2 is 1.69 bits per heavy atom. The summed E-state index contributed by atoms with van der Waals surface area (Å²) < 4.78 is 0. The predicted octanol–water partition coefficient (Wildman–Crippen LogP) is 3.34. The van der Waals surface area contributed by atoms with E-state index in [0.717, 1.165) is 35.7 Å². The van der Waals surface area contributed by atoms with Gasteiger partial charge in [-0.2, -0.15) is 0 Å². The Bertz CT molecular complexity index is 852. The lowest BCUT2D eigenvalue weighted by Gasteiger charge is -2.23. The van der Waals surface area contributed by atoms with Gasteiger partial charge in [0.1, 0.15) is 5.92 Å². The number of carbonyl (C=O) groups excluding carboxylic acids is 2. The fourth-order valence-electron chi connectivity index (χ4n) is 3.35. The molecular formula is C21H23N3O2. The summed E-state index contributed by atoms with van der Waals surface area (Å²) in [5.74, 6) is -1.67. The molecule has 0 saturated carbocycles. The van der Waals surface area contributed by atoms with E-state index in [0.29, 0.717) is 5.56 Å². The Balaban J connectivity index is 1.98. The van der Waals surface area contributed by atoms with Gasteiger partial charge in [0.25, 0.3) is 0 Å². The van der Waals surface area contributed by atoms with Gasteiger partial charge in [-0.05, 0) is 38.1 Å². The molecule has 0 radical (unpaired) electrons. The van der Waals surface area contributed by atoms with Crippen molar-refractivity contribution in [2.75, 3.05) is 18.0 Å². The summed E-state index contributed by atoms with van der Waals surface area (Å²) in [7, 11) is 0. The quantitative estimate of drug-likeness (QED) is 0.841. The minimum absolute atomic E-state index is 0.219. The minimum atomic E-state index is -0.849. The molecule has 0 spiro atoms. The highest BCUT2D eigenvalue weighted by Gasteiger charge is 2.34. The SMILES string of the molecule is CCN(CC)c1ccc(N=C2C[C@@H](C(N)=O)C(=O)c3ccccc32)cc1. The Kier molecular flexibility index (Phi) is 5.16. The van der Waals surface area contributed by atoms with E-state index < -0.39 is 11.8 Å². The van der Waals surface area contributed by atoms with E-state index in [1.807, 2.05) is 36.4 Å². The molecule has 1 aliphatic carbocycles. The van der Waals surface area contributed by atoms with Crippen LogP contribution >= 0.6 is 0 Å². The molecule has 5 heteroatoms. The molecule has 0 saturated heterocycles. The van der Waals surface area contributed by atoms with Gasteiger partial charge in [-0.15, -0.1) is 0 Å². The van der Waals surface area contributed by atoms with E-state index in [1.165, 1.54) is 0 Å². The zero-order chi connectivity index (χ0) is 18.7. The predicted molar refractivity (Wildman–Crippen MR) is 104 cm³/mol. The highest BCUT2D eigenvalue weighted by atomic mass is 16.2. The lowest BCUT2D eigenvalue weighted by molar-refractivity contribution is -0.120. The maximum atomic E-state index is 12.5. The lowest BCUT2D eigenvalue weighted by atomic mass is 9.81. The largest absolute Gasteiger partial charge is 0.372 e. The van der Waals surface area contributed by atoms with E-state index in [2.05, 4.69) is 18.7 Å². The lowest BCUT2D eigenvalue weighted by Crippen LogP contribution is -2.36. The van der Waals surface area contributed by atoms with Gasteiger partial charge < -0.3 is 10.6 Å². The first-order valence-corrected chi connectivity index (χ1v) is 8.90. The number of aliphatic imine (C=N–C) groups is 1. The number of benzene rings is 2. The van der Waals surface area contributed by atoms with Gasteiger partial charge in [0.15, 0.2) is 5.78 Å². The maximum Gasteiger partial charge on any atom is 0.228 e. The Hall–Kier alpha value is -2.95. The third-order valence-electron chi connectivity index (χ3n) is 4.80. The molecule has 26 heavy (non-hydrogen) atoms. The van der Waals surface area contributed by atoms with Crippen LogP contribution in [-0.2, 0) is 4.79 Å². The average molecular weight is 349 g/mol. The van der Waals surface area contributed by atoms with E-state index in [-0.39, 0.29) is 12.2 Å². The number of fused-ring (bicyclic) bond motifs is 1. The van der Waals surface area contributed by atoms with E-state index in [9.17, 15) is 9.59 Å². The molecule has 2 aromatic rings. The van der Waals surface area contributed by atoms with Crippen LogP contribution in [0.15, 0.2) is 53.5 Å². The van der Waals surface area contributed by atoms with Gasteiger partial charge >= 0.3 is 0 Å². The summed E-state index contributed by atoms with van der Waals surface area (Å²) in [5.41, 5.74) is 9.39. The van der Waals surface area contributed by atoms with Crippen molar-refractivity contribution in [1.29, 1.82) is 0 Å². The van der Waals surface area contributed by atoms with Crippen LogP contribution in [0.3, 0.4) is 0 Å². The maximum absolute atomic E-state index is 12.5. The highest BCUT2D eigenvalue weighted by Crippen LogP contribution is 2.29. The number of nitrogens with zero attached hydrogens (tertiary/aromatic N) is 2. The van der Waals surface area contributed by atoms with Gasteiger partial charge in [0, 0.05) is 36.3 Å². The van der Waals surface area contributed by atoms with Crippen LogP contribution in [0, 0.1) is 5.92 Å². The fraction of sp³-hybridized carbons (Fsp3) is 0.286. The van der Waals surface area contributed by atoms with Crippen LogP contribution in [0.4, 0.5) is 11.4 Å². The molecule has 0 aromatic heterocycles. The first-order chi connectivity index (χ1) is 12.5. The number of anilines is 1. The summed E-state index contributed by atoms with van der Waals surface area (Å²) in [6.07, 6.45) is 0.239. The van der Waals surface area contributed by atoms with Gasteiger partial charge in [-0.25, -0.2) is 0 Å². The zero-order valence-corrected chi connectivity index (χ0v) is 15.1. The van der Waals surface area contributed by atoms with Crippen LogP contribution in [0.1, 0.15) is 36.2 Å². The van der Waals surface area contributed by atoms with Crippen molar-refractivity contribution < 1.29 is 9.59 Å². The van der Waals surface area contributed by atoms with E-state index in [1.54, 1.807) is 12.1 Å². The number of hydrogen-bond acceptors (Lipinski definition) is 4. The second kappa shape index (κ2) is 7.52. The van der Waals surface area contributed by atoms with Crippen molar-refractivity contribution in [3.05, 3.63) is 59.7 Å². The summed E-state index contributed by atoms with van der Waals surface area (Å²) in [5, 5.41) is 0. The molecule has 1 aliphatic rings. The molecule has 3 rings (SSSR count). The first-order valence-electron chi connectivity index (χ1n) is 8.90. The van der Waals surface area contributed by atoms with Gasteiger partial charge in [-0.3, -0.25) is 14.6 Å². The second-order valence-corrected chi connectivity index (χ2v) is 6.32. The van der Waals surface area contributed by atoms with Crippen LogP contribution in [0.2, 0.25) is 0 Å². The smallest absolute Gasteiger partial charge is 0.228 e. The number of primary amides is 1. The Morgan fingerprint density at radius 3 is 2.27 bits per heavy atom. The molecule has 0 heterocycles. The van der Waals surface area contributed by atoms with Crippen LogP contribution in [0.25, 0.3) is 0 Å². The van der Waals surface area contributed by atoms with Gasteiger partial charge in [0.2, 0.25) is 5.91 Å². The van der Waals surface area contributed by atoms with E-state index >= 15 is 0 Å². The van der Waals surface area contributed by atoms with Crippen LogP contribution in [0.5, 0.6) is 0 Å². The summed E-state index contributed by atoms with van der Waals surface area (Å²) in [6.45, 7) is 6.13. The molecule has 0 aliphatic heterocycles. The molecule has 0 bridgehead atoms. The van der Waals surface area contributed by atoms with Crippen molar-refractivity contribution in [2.45, 2.75) is 20.3 Å². The topological polar surface area (TPSA) is 75.8 Å². The van der Waals surface area contributed by atoms with Gasteiger partial charge in [-0.1, -0.05) is 24.3 Å². The standard InChI is InChI=1S/C21H23N3O2/c1-3-24(4-2)15-11-9-14(10-12-15)23-19-13-18(21(22)26)20(25)17-8-6-5-7-16(17)19/h5-12,18H,3-4,13H2,1-2H3,(H2,22,26)/t18-/m1/s1. The molecule has 5 nitrogen and oxygen atoms in total. The molecule has 2 N–H and O–H groups in total. The summed E-state index contributed by atoms with van der Waals surface area (Å²) in [6, 6.07) is 15.2. The Morgan fingerprint density at radius 1 is 1.08 bits per heavy atom. The number of carbonyl (C=O) groups is 2. The third kappa shape index (κ3) is 3.38. The molecule has 1 amide bonds. The number of amides is 1. The number of Topliss-reactive ketones (excluding diaryl/α,β-unsaturated/α-hetero) is 1. The first kappa shape index (κ1) is 17.9. The molecular weight excluding hydrogens is 326 g/mol.